The summed E-state index contributed by atoms with van der Waals surface area (Å²) in [5.74, 6) is 0.892. The summed E-state index contributed by atoms with van der Waals surface area (Å²) in [5, 5.41) is 11.2. The molecule has 0 aromatic heterocycles. The summed E-state index contributed by atoms with van der Waals surface area (Å²) < 4.78 is 0. The number of carbonyl (C=O) groups excluding carboxylic acids is 1. The third-order valence-corrected chi connectivity index (χ3v) is 2.35. The predicted molar refractivity (Wildman–Crippen MR) is 58.7 cm³/mol. The summed E-state index contributed by atoms with van der Waals surface area (Å²) in [6.07, 6.45) is 2.45. The minimum absolute atomic E-state index is 0.0356. The molecule has 0 radical (unpaired) electrons. The zero-order chi connectivity index (χ0) is 11.0. The van der Waals surface area contributed by atoms with Gasteiger partial charge in [-0.25, -0.2) is 0 Å². The molecular weight excluding hydrogens is 202 g/mol. The van der Waals surface area contributed by atoms with E-state index < -0.39 is 0 Å². The molecule has 0 saturated carbocycles. The third-order valence-electron chi connectivity index (χ3n) is 1.74. The lowest BCUT2D eigenvalue weighted by Crippen LogP contribution is -2.38. The van der Waals surface area contributed by atoms with Gasteiger partial charge in [-0.2, -0.15) is 11.8 Å². The van der Waals surface area contributed by atoms with Crippen molar-refractivity contribution in [2.24, 2.45) is 10.9 Å². The van der Waals surface area contributed by atoms with Crippen LogP contribution in [0.1, 0.15) is 13.3 Å². The first-order valence-electron chi connectivity index (χ1n) is 4.38. The Kier molecular flexibility index (Phi) is 7.00. The molecule has 14 heavy (non-hydrogen) atoms. The van der Waals surface area contributed by atoms with Crippen LogP contribution in [0.2, 0.25) is 0 Å². The average Bonchev–Trinajstić information content (AvgIpc) is 2.21. The summed E-state index contributed by atoms with van der Waals surface area (Å²) >= 11 is 1.62. The molecule has 0 fully saturated rings. The van der Waals surface area contributed by atoms with Gasteiger partial charge in [0.15, 0.2) is 5.84 Å². The molecule has 0 atom stereocenters. The number of carbonyl (C=O) groups is 1. The molecule has 0 heterocycles. The standard InChI is InChI=1S/C8H17N3O2S/c1-3-11(6-7(9)10-13)8(12)4-5-14-2/h13H,3-6H2,1-2H3,(H2,9,10). The van der Waals surface area contributed by atoms with Gasteiger partial charge < -0.3 is 15.8 Å². The van der Waals surface area contributed by atoms with Crippen LogP contribution in [0.4, 0.5) is 0 Å². The maximum Gasteiger partial charge on any atom is 0.223 e. The molecule has 0 aliphatic carbocycles. The molecule has 0 aliphatic heterocycles. The first kappa shape index (κ1) is 13.1. The lowest BCUT2D eigenvalue weighted by atomic mass is 10.3. The zero-order valence-electron chi connectivity index (χ0n) is 8.56. The lowest BCUT2D eigenvalue weighted by molar-refractivity contribution is -0.129. The monoisotopic (exact) mass is 219 g/mol. The average molecular weight is 219 g/mol. The number of amidine groups is 1. The van der Waals surface area contributed by atoms with E-state index in [-0.39, 0.29) is 18.3 Å². The maximum absolute atomic E-state index is 11.5. The molecule has 0 spiro atoms. The number of rotatable bonds is 6. The first-order chi connectivity index (χ1) is 6.65. The van der Waals surface area contributed by atoms with Crippen molar-refractivity contribution >= 4 is 23.5 Å². The van der Waals surface area contributed by atoms with Crippen LogP contribution in [0.5, 0.6) is 0 Å². The van der Waals surface area contributed by atoms with Gasteiger partial charge in [-0.15, -0.1) is 0 Å². The Morgan fingerprint density at radius 2 is 2.29 bits per heavy atom. The molecule has 0 bridgehead atoms. The number of amides is 1. The molecule has 82 valence electrons. The van der Waals surface area contributed by atoms with Crippen molar-refractivity contribution in [1.82, 2.24) is 4.90 Å². The van der Waals surface area contributed by atoms with Crippen molar-refractivity contribution < 1.29 is 10.0 Å². The molecule has 1 amide bonds. The van der Waals surface area contributed by atoms with E-state index in [1.54, 1.807) is 16.7 Å². The first-order valence-corrected chi connectivity index (χ1v) is 5.78. The minimum Gasteiger partial charge on any atom is -0.409 e. The van der Waals surface area contributed by atoms with Crippen molar-refractivity contribution in [2.45, 2.75) is 13.3 Å². The fraction of sp³-hybridized carbons (Fsp3) is 0.750. The molecule has 0 aliphatic rings. The molecule has 0 unspecified atom stereocenters. The highest BCUT2D eigenvalue weighted by atomic mass is 32.2. The van der Waals surface area contributed by atoms with Gasteiger partial charge in [-0.3, -0.25) is 4.79 Å². The highest BCUT2D eigenvalue weighted by Crippen LogP contribution is 2.00. The number of likely N-dealkylation sites (N-methyl/N-ethyl adjacent to an activating group) is 1. The molecule has 0 aromatic carbocycles. The van der Waals surface area contributed by atoms with E-state index in [9.17, 15) is 4.79 Å². The third kappa shape index (κ3) is 4.96. The van der Waals surface area contributed by atoms with E-state index in [0.29, 0.717) is 13.0 Å². The normalized spacial score (nSPS) is 11.4. The van der Waals surface area contributed by atoms with Crippen LogP contribution < -0.4 is 5.73 Å². The summed E-state index contributed by atoms with van der Waals surface area (Å²) in [6, 6.07) is 0. The summed E-state index contributed by atoms with van der Waals surface area (Å²) in [7, 11) is 0. The van der Waals surface area contributed by atoms with Crippen LogP contribution in [0.15, 0.2) is 5.16 Å². The predicted octanol–water partition coefficient (Wildman–Crippen LogP) is 0.334. The van der Waals surface area contributed by atoms with E-state index in [4.69, 9.17) is 10.9 Å². The van der Waals surface area contributed by atoms with E-state index in [0.717, 1.165) is 5.75 Å². The Morgan fingerprint density at radius 1 is 1.64 bits per heavy atom. The Balaban J connectivity index is 4.05. The van der Waals surface area contributed by atoms with Crippen LogP contribution in [0, 0.1) is 0 Å². The van der Waals surface area contributed by atoms with Crippen molar-refractivity contribution in [3.05, 3.63) is 0 Å². The van der Waals surface area contributed by atoms with Gasteiger partial charge in [0.1, 0.15) is 0 Å². The molecule has 5 nitrogen and oxygen atoms in total. The van der Waals surface area contributed by atoms with Gasteiger partial charge in [0, 0.05) is 18.7 Å². The Hall–Kier alpha value is -0.910. The molecule has 6 heteroatoms. The van der Waals surface area contributed by atoms with E-state index in [1.807, 2.05) is 13.2 Å². The van der Waals surface area contributed by atoms with Gasteiger partial charge in [0.05, 0.1) is 6.54 Å². The highest BCUT2D eigenvalue weighted by Gasteiger charge is 2.12. The van der Waals surface area contributed by atoms with Crippen molar-refractivity contribution in [2.75, 3.05) is 25.1 Å². The number of nitrogens with zero attached hydrogens (tertiary/aromatic N) is 2. The van der Waals surface area contributed by atoms with E-state index in [2.05, 4.69) is 5.16 Å². The number of oxime groups is 1. The molecule has 0 rings (SSSR count). The second-order valence-electron chi connectivity index (χ2n) is 2.74. The minimum atomic E-state index is 0.0356. The summed E-state index contributed by atoms with van der Waals surface area (Å²) in [6.45, 7) is 2.63. The quantitative estimate of drug-likeness (QED) is 0.292. The van der Waals surface area contributed by atoms with Crippen molar-refractivity contribution in [1.29, 1.82) is 0 Å². The number of hydrogen-bond donors (Lipinski definition) is 2. The Labute approximate surface area is 88.3 Å². The summed E-state index contributed by atoms with van der Waals surface area (Å²) in [5.41, 5.74) is 5.32. The van der Waals surface area contributed by atoms with Crippen LogP contribution in [-0.4, -0.2) is 46.9 Å². The van der Waals surface area contributed by atoms with E-state index in [1.165, 1.54) is 0 Å². The highest BCUT2D eigenvalue weighted by molar-refractivity contribution is 7.98. The number of nitrogens with two attached hydrogens (primary N) is 1. The smallest absolute Gasteiger partial charge is 0.223 e. The SMILES string of the molecule is CCN(CC(N)=NO)C(=O)CCSC. The Morgan fingerprint density at radius 3 is 2.71 bits per heavy atom. The molecular formula is C8H17N3O2S. The largest absolute Gasteiger partial charge is 0.409 e. The maximum atomic E-state index is 11.5. The van der Waals surface area contributed by atoms with Crippen molar-refractivity contribution in [3.63, 3.8) is 0 Å². The zero-order valence-corrected chi connectivity index (χ0v) is 9.38. The fourth-order valence-electron chi connectivity index (χ4n) is 0.951. The lowest BCUT2D eigenvalue weighted by Gasteiger charge is -2.19. The van der Waals surface area contributed by atoms with Gasteiger partial charge in [-0.1, -0.05) is 5.16 Å². The molecule has 0 aromatic rings. The number of hydrogen-bond acceptors (Lipinski definition) is 4. The van der Waals surface area contributed by atoms with Gasteiger partial charge in [0.25, 0.3) is 0 Å². The van der Waals surface area contributed by atoms with Gasteiger partial charge in [-0.05, 0) is 13.2 Å². The van der Waals surface area contributed by atoms with Crippen LogP contribution >= 0.6 is 11.8 Å². The van der Waals surface area contributed by atoms with Crippen molar-refractivity contribution in [3.8, 4) is 0 Å². The van der Waals surface area contributed by atoms with Crippen LogP contribution in [0.3, 0.4) is 0 Å². The van der Waals surface area contributed by atoms with Gasteiger partial charge >= 0.3 is 0 Å². The Bertz CT molecular complexity index is 209. The molecule has 0 saturated heterocycles. The molecule has 3 N–H and O–H groups in total. The van der Waals surface area contributed by atoms with Gasteiger partial charge in [0.2, 0.25) is 5.91 Å². The fourth-order valence-corrected chi connectivity index (χ4v) is 1.33. The number of thioether (sulfide) groups is 1. The van der Waals surface area contributed by atoms with Crippen LogP contribution in [-0.2, 0) is 4.79 Å². The second-order valence-corrected chi connectivity index (χ2v) is 3.73. The summed E-state index contributed by atoms with van der Waals surface area (Å²) in [4.78, 5) is 13.1. The van der Waals surface area contributed by atoms with Crippen LogP contribution in [0.25, 0.3) is 0 Å². The second kappa shape index (κ2) is 7.49. The van der Waals surface area contributed by atoms with E-state index >= 15 is 0 Å². The topological polar surface area (TPSA) is 78.9 Å².